The van der Waals surface area contributed by atoms with Crippen LogP contribution in [0.25, 0.3) is 0 Å². The summed E-state index contributed by atoms with van der Waals surface area (Å²) in [4.78, 5) is 0. The Morgan fingerprint density at radius 2 is 1.82 bits per heavy atom. The lowest BCUT2D eigenvalue weighted by molar-refractivity contribution is 0.321. The number of allylic oxidation sites excluding steroid dienone is 2. The van der Waals surface area contributed by atoms with Gasteiger partial charge in [0.1, 0.15) is 0 Å². The number of hydrogen-bond acceptors (Lipinski definition) is 2. The Labute approximate surface area is 68.6 Å². The summed E-state index contributed by atoms with van der Waals surface area (Å²) in [5.74, 6) is 0. The van der Waals surface area contributed by atoms with Crippen LogP contribution in [0.1, 0.15) is 39.5 Å². The van der Waals surface area contributed by atoms with Gasteiger partial charge in [-0.05, 0) is 25.7 Å². The SMILES string of the molecule is CCC1(CC)CCC(N)=C1N. The van der Waals surface area contributed by atoms with Gasteiger partial charge in [-0.15, -0.1) is 0 Å². The smallest absolute Gasteiger partial charge is 0.0334 e. The second-order valence-corrected chi connectivity index (χ2v) is 3.43. The maximum absolute atomic E-state index is 5.93. The Bertz CT molecular complexity index is 178. The molecule has 2 heteroatoms. The lowest BCUT2D eigenvalue weighted by Crippen LogP contribution is -2.24. The third-order valence-corrected chi connectivity index (χ3v) is 3.14. The van der Waals surface area contributed by atoms with Gasteiger partial charge in [0.15, 0.2) is 0 Å². The van der Waals surface area contributed by atoms with E-state index in [1.54, 1.807) is 0 Å². The molecule has 0 aromatic heterocycles. The van der Waals surface area contributed by atoms with E-state index in [-0.39, 0.29) is 5.41 Å². The number of hydrogen-bond donors (Lipinski definition) is 2. The van der Waals surface area contributed by atoms with Crippen LogP contribution in [0.5, 0.6) is 0 Å². The molecule has 0 heterocycles. The van der Waals surface area contributed by atoms with Crippen molar-refractivity contribution in [2.45, 2.75) is 39.5 Å². The minimum absolute atomic E-state index is 0.240. The van der Waals surface area contributed by atoms with Gasteiger partial charge in [-0.2, -0.15) is 0 Å². The van der Waals surface area contributed by atoms with Crippen molar-refractivity contribution in [3.05, 3.63) is 11.4 Å². The molecular formula is C9H18N2. The van der Waals surface area contributed by atoms with Gasteiger partial charge in [0, 0.05) is 16.8 Å². The molecule has 2 nitrogen and oxygen atoms in total. The zero-order valence-electron chi connectivity index (χ0n) is 7.48. The predicted molar refractivity (Wildman–Crippen MR) is 47.6 cm³/mol. The quantitative estimate of drug-likeness (QED) is 0.636. The molecule has 0 spiro atoms. The van der Waals surface area contributed by atoms with Crippen LogP contribution in [-0.4, -0.2) is 0 Å². The van der Waals surface area contributed by atoms with E-state index in [2.05, 4.69) is 13.8 Å². The minimum Gasteiger partial charge on any atom is -0.401 e. The fourth-order valence-electron chi connectivity index (χ4n) is 1.97. The van der Waals surface area contributed by atoms with Crippen molar-refractivity contribution in [2.75, 3.05) is 0 Å². The maximum Gasteiger partial charge on any atom is 0.0334 e. The molecule has 0 bridgehead atoms. The first-order valence-corrected chi connectivity index (χ1v) is 4.41. The van der Waals surface area contributed by atoms with Gasteiger partial charge in [-0.1, -0.05) is 13.8 Å². The van der Waals surface area contributed by atoms with Crippen molar-refractivity contribution < 1.29 is 0 Å². The monoisotopic (exact) mass is 154 g/mol. The van der Waals surface area contributed by atoms with Crippen molar-refractivity contribution in [3.8, 4) is 0 Å². The molecule has 1 rings (SSSR count). The van der Waals surface area contributed by atoms with Crippen molar-refractivity contribution >= 4 is 0 Å². The average molecular weight is 154 g/mol. The lowest BCUT2D eigenvalue weighted by Gasteiger charge is -2.27. The summed E-state index contributed by atoms with van der Waals surface area (Å²) >= 11 is 0. The van der Waals surface area contributed by atoms with Gasteiger partial charge >= 0.3 is 0 Å². The normalized spacial score (nSPS) is 22.7. The molecule has 11 heavy (non-hydrogen) atoms. The molecule has 0 fully saturated rings. The first-order valence-electron chi connectivity index (χ1n) is 4.41. The molecule has 0 saturated carbocycles. The van der Waals surface area contributed by atoms with Gasteiger partial charge < -0.3 is 11.5 Å². The topological polar surface area (TPSA) is 52.0 Å². The molecule has 0 aliphatic heterocycles. The molecule has 0 saturated heterocycles. The van der Waals surface area contributed by atoms with Crippen LogP contribution >= 0.6 is 0 Å². The fraction of sp³-hybridized carbons (Fsp3) is 0.778. The first-order chi connectivity index (χ1) is 5.16. The standard InChI is InChI=1S/C9H18N2/c1-3-9(4-2)6-5-7(10)8(9)11/h3-6,10-11H2,1-2H3. The molecule has 0 atom stereocenters. The van der Waals surface area contributed by atoms with E-state index in [9.17, 15) is 0 Å². The summed E-state index contributed by atoms with van der Waals surface area (Å²) in [5.41, 5.74) is 13.8. The fourth-order valence-corrected chi connectivity index (χ4v) is 1.97. The Balaban J connectivity index is 2.88. The van der Waals surface area contributed by atoms with E-state index in [1.807, 2.05) is 0 Å². The molecule has 0 radical (unpaired) electrons. The highest BCUT2D eigenvalue weighted by Crippen LogP contribution is 2.43. The van der Waals surface area contributed by atoms with Gasteiger partial charge in [0.2, 0.25) is 0 Å². The van der Waals surface area contributed by atoms with E-state index in [0.717, 1.165) is 37.1 Å². The first kappa shape index (κ1) is 8.44. The molecule has 0 unspecified atom stereocenters. The minimum atomic E-state index is 0.240. The predicted octanol–water partition coefficient (Wildman–Crippen LogP) is 1.72. The lowest BCUT2D eigenvalue weighted by atomic mass is 9.80. The van der Waals surface area contributed by atoms with Crippen LogP contribution in [-0.2, 0) is 0 Å². The maximum atomic E-state index is 5.93. The third kappa shape index (κ3) is 1.10. The highest BCUT2D eigenvalue weighted by atomic mass is 14.8. The number of rotatable bonds is 2. The zero-order valence-corrected chi connectivity index (χ0v) is 7.48. The number of nitrogens with two attached hydrogens (primary N) is 2. The molecule has 1 aliphatic carbocycles. The molecule has 0 aromatic rings. The summed E-state index contributed by atoms with van der Waals surface area (Å²) in [6.45, 7) is 4.38. The highest BCUT2D eigenvalue weighted by Gasteiger charge is 2.35. The van der Waals surface area contributed by atoms with Crippen LogP contribution in [0.2, 0.25) is 0 Å². The highest BCUT2D eigenvalue weighted by molar-refractivity contribution is 5.23. The Morgan fingerprint density at radius 3 is 2.00 bits per heavy atom. The van der Waals surface area contributed by atoms with Gasteiger partial charge in [0.25, 0.3) is 0 Å². The van der Waals surface area contributed by atoms with Gasteiger partial charge in [0.05, 0.1) is 0 Å². The zero-order chi connectivity index (χ0) is 8.48. The molecule has 64 valence electrons. The molecule has 0 aromatic carbocycles. The van der Waals surface area contributed by atoms with E-state index in [1.165, 1.54) is 0 Å². The van der Waals surface area contributed by atoms with E-state index >= 15 is 0 Å². The third-order valence-electron chi connectivity index (χ3n) is 3.14. The van der Waals surface area contributed by atoms with Crippen LogP contribution in [0.15, 0.2) is 11.4 Å². The van der Waals surface area contributed by atoms with Crippen molar-refractivity contribution in [1.29, 1.82) is 0 Å². The van der Waals surface area contributed by atoms with Crippen LogP contribution < -0.4 is 11.5 Å². The van der Waals surface area contributed by atoms with Crippen molar-refractivity contribution in [3.63, 3.8) is 0 Å². The van der Waals surface area contributed by atoms with Crippen LogP contribution in [0, 0.1) is 5.41 Å². The molecule has 0 amide bonds. The van der Waals surface area contributed by atoms with Crippen LogP contribution in [0.3, 0.4) is 0 Å². The summed E-state index contributed by atoms with van der Waals surface area (Å²) in [6.07, 6.45) is 4.39. The van der Waals surface area contributed by atoms with E-state index in [0.29, 0.717) is 0 Å². The average Bonchev–Trinajstić information content (AvgIpc) is 2.32. The largest absolute Gasteiger partial charge is 0.401 e. The molecule has 4 N–H and O–H groups in total. The van der Waals surface area contributed by atoms with Crippen molar-refractivity contribution in [1.82, 2.24) is 0 Å². The summed E-state index contributed by atoms with van der Waals surface area (Å²) in [5, 5.41) is 0. The Kier molecular flexibility index (Phi) is 2.12. The van der Waals surface area contributed by atoms with E-state index in [4.69, 9.17) is 11.5 Å². The van der Waals surface area contributed by atoms with E-state index < -0.39 is 0 Å². The second kappa shape index (κ2) is 2.76. The second-order valence-electron chi connectivity index (χ2n) is 3.43. The van der Waals surface area contributed by atoms with Gasteiger partial charge in [-0.25, -0.2) is 0 Å². The molecular weight excluding hydrogens is 136 g/mol. The molecule has 1 aliphatic rings. The van der Waals surface area contributed by atoms with Crippen molar-refractivity contribution in [2.24, 2.45) is 16.9 Å². The Morgan fingerprint density at radius 1 is 1.27 bits per heavy atom. The van der Waals surface area contributed by atoms with Gasteiger partial charge in [-0.3, -0.25) is 0 Å². The summed E-state index contributed by atoms with van der Waals surface area (Å²) < 4.78 is 0. The summed E-state index contributed by atoms with van der Waals surface area (Å²) in [7, 11) is 0. The summed E-state index contributed by atoms with van der Waals surface area (Å²) in [6, 6.07) is 0. The Hall–Kier alpha value is -0.660. The van der Waals surface area contributed by atoms with Crippen LogP contribution in [0.4, 0.5) is 0 Å².